The number of likely N-dealkylation sites (tertiary alicyclic amines) is 1. The standard InChI is InChI=1S/C18H25NO2/c1-3-17(20)21-18(14-8-5-4-6-9-14)12-13-19(2)16-11-7-10-15(16)18/h4-6,8-9,15-16H,3,7,10-13H2,1-2H3/t15-,16-,18-/m0/s1. The maximum Gasteiger partial charge on any atom is 0.306 e. The van der Waals surface area contributed by atoms with Gasteiger partial charge in [-0.25, -0.2) is 0 Å². The van der Waals surface area contributed by atoms with E-state index in [0.29, 0.717) is 18.4 Å². The van der Waals surface area contributed by atoms with Crippen molar-refractivity contribution in [3.05, 3.63) is 35.9 Å². The number of carbonyl (C=O) groups excluding carboxylic acids is 1. The number of hydrogen-bond acceptors (Lipinski definition) is 3. The van der Waals surface area contributed by atoms with Gasteiger partial charge in [0, 0.05) is 31.3 Å². The van der Waals surface area contributed by atoms with Crippen LogP contribution in [0.4, 0.5) is 0 Å². The Bertz CT molecular complexity index is 501. The maximum absolute atomic E-state index is 12.1. The summed E-state index contributed by atoms with van der Waals surface area (Å²) in [5, 5.41) is 0. The van der Waals surface area contributed by atoms with Crippen LogP contribution in [0, 0.1) is 5.92 Å². The van der Waals surface area contributed by atoms with Crippen LogP contribution in [0.25, 0.3) is 0 Å². The van der Waals surface area contributed by atoms with Gasteiger partial charge in [-0.1, -0.05) is 43.7 Å². The minimum Gasteiger partial charge on any atom is -0.454 e. The van der Waals surface area contributed by atoms with Crippen LogP contribution in [0.5, 0.6) is 0 Å². The third-order valence-corrected chi connectivity index (χ3v) is 5.33. The maximum atomic E-state index is 12.1. The second-order valence-electron chi connectivity index (χ2n) is 6.42. The van der Waals surface area contributed by atoms with E-state index >= 15 is 0 Å². The predicted molar refractivity (Wildman–Crippen MR) is 82.9 cm³/mol. The molecule has 114 valence electrons. The zero-order valence-electron chi connectivity index (χ0n) is 13.0. The monoisotopic (exact) mass is 287 g/mol. The Labute approximate surface area is 127 Å². The van der Waals surface area contributed by atoms with Crippen LogP contribution < -0.4 is 0 Å². The number of fused-ring (bicyclic) bond motifs is 1. The first-order valence-corrected chi connectivity index (χ1v) is 8.15. The Morgan fingerprint density at radius 2 is 2.10 bits per heavy atom. The molecule has 0 unspecified atom stereocenters. The van der Waals surface area contributed by atoms with Crippen LogP contribution in [0.1, 0.15) is 44.6 Å². The van der Waals surface area contributed by atoms with Gasteiger partial charge in [0.2, 0.25) is 0 Å². The van der Waals surface area contributed by atoms with E-state index in [4.69, 9.17) is 4.74 Å². The molecule has 1 aliphatic carbocycles. The number of nitrogens with zero attached hydrogens (tertiary/aromatic N) is 1. The Kier molecular flexibility index (Phi) is 4.03. The molecule has 2 fully saturated rings. The molecule has 2 aliphatic rings. The van der Waals surface area contributed by atoms with Gasteiger partial charge in [0.25, 0.3) is 0 Å². The summed E-state index contributed by atoms with van der Waals surface area (Å²) in [5.74, 6) is 0.350. The number of esters is 1. The number of hydrogen-bond donors (Lipinski definition) is 0. The van der Waals surface area contributed by atoms with Gasteiger partial charge in [-0.2, -0.15) is 0 Å². The van der Waals surface area contributed by atoms with Crippen molar-refractivity contribution in [1.82, 2.24) is 4.90 Å². The number of rotatable bonds is 3. The van der Waals surface area contributed by atoms with Crippen LogP contribution >= 0.6 is 0 Å². The summed E-state index contributed by atoms with van der Waals surface area (Å²) in [6.07, 6.45) is 4.96. The van der Waals surface area contributed by atoms with Crippen LogP contribution in [0.2, 0.25) is 0 Å². The molecule has 0 amide bonds. The average Bonchev–Trinajstić information content (AvgIpc) is 3.02. The van der Waals surface area contributed by atoms with Crippen molar-refractivity contribution in [2.75, 3.05) is 13.6 Å². The lowest BCUT2D eigenvalue weighted by atomic mass is 9.73. The highest BCUT2D eigenvalue weighted by Gasteiger charge is 2.52. The van der Waals surface area contributed by atoms with Gasteiger partial charge < -0.3 is 9.64 Å². The number of benzene rings is 1. The first-order chi connectivity index (χ1) is 10.2. The molecule has 1 heterocycles. The summed E-state index contributed by atoms with van der Waals surface area (Å²) in [5.41, 5.74) is 0.763. The van der Waals surface area contributed by atoms with E-state index in [1.807, 2.05) is 13.0 Å². The summed E-state index contributed by atoms with van der Waals surface area (Å²) in [6, 6.07) is 10.9. The number of carbonyl (C=O) groups is 1. The second kappa shape index (κ2) is 5.80. The normalized spacial score (nSPS) is 32.7. The van der Waals surface area contributed by atoms with Crippen LogP contribution in [0.15, 0.2) is 30.3 Å². The minimum absolute atomic E-state index is 0.0749. The van der Waals surface area contributed by atoms with Gasteiger partial charge >= 0.3 is 5.97 Å². The van der Waals surface area contributed by atoms with Crippen molar-refractivity contribution in [3.8, 4) is 0 Å². The molecule has 1 aromatic carbocycles. The van der Waals surface area contributed by atoms with Gasteiger partial charge in [-0.15, -0.1) is 0 Å². The summed E-state index contributed by atoms with van der Waals surface area (Å²) in [6.45, 7) is 2.87. The SMILES string of the molecule is CCC(=O)O[C@]1(c2ccccc2)CCN(C)[C@H]2CCC[C@@H]21. The molecule has 3 nitrogen and oxygen atoms in total. The predicted octanol–water partition coefficient (Wildman–Crippen LogP) is 3.34. The van der Waals surface area contributed by atoms with E-state index in [0.717, 1.165) is 19.4 Å². The van der Waals surface area contributed by atoms with Gasteiger partial charge in [-0.3, -0.25) is 4.79 Å². The van der Waals surface area contributed by atoms with Crippen molar-refractivity contribution >= 4 is 5.97 Å². The molecule has 0 N–H and O–H groups in total. The second-order valence-corrected chi connectivity index (χ2v) is 6.42. The van der Waals surface area contributed by atoms with Gasteiger partial charge in [0.15, 0.2) is 0 Å². The zero-order chi connectivity index (χ0) is 14.9. The third kappa shape index (κ3) is 2.48. The van der Waals surface area contributed by atoms with E-state index in [2.05, 4.69) is 36.2 Å². The average molecular weight is 287 g/mol. The van der Waals surface area contributed by atoms with E-state index in [-0.39, 0.29) is 5.97 Å². The first kappa shape index (κ1) is 14.6. The van der Waals surface area contributed by atoms with Gasteiger partial charge in [0.1, 0.15) is 5.60 Å². The summed E-state index contributed by atoms with van der Waals surface area (Å²) >= 11 is 0. The van der Waals surface area contributed by atoms with E-state index in [1.54, 1.807) is 0 Å². The van der Waals surface area contributed by atoms with Crippen molar-refractivity contribution in [2.45, 2.75) is 50.7 Å². The zero-order valence-corrected chi connectivity index (χ0v) is 13.0. The third-order valence-electron chi connectivity index (χ3n) is 5.33. The van der Waals surface area contributed by atoms with Gasteiger partial charge in [-0.05, 0) is 25.5 Å². The summed E-state index contributed by atoms with van der Waals surface area (Å²) in [7, 11) is 2.21. The molecule has 0 aromatic heterocycles. The molecule has 0 bridgehead atoms. The smallest absolute Gasteiger partial charge is 0.306 e. The molecule has 1 saturated heterocycles. The van der Waals surface area contributed by atoms with Crippen molar-refractivity contribution in [1.29, 1.82) is 0 Å². The summed E-state index contributed by atoms with van der Waals surface area (Å²) < 4.78 is 6.11. The Morgan fingerprint density at radius 1 is 1.33 bits per heavy atom. The number of ether oxygens (including phenoxy) is 1. The lowest BCUT2D eigenvalue weighted by Gasteiger charge is -2.49. The molecular weight excluding hydrogens is 262 g/mol. The molecule has 1 aliphatic heterocycles. The minimum atomic E-state index is -0.415. The van der Waals surface area contributed by atoms with Crippen LogP contribution in [-0.4, -0.2) is 30.5 Å². The quantitative estimate of drug-likeness (QED) is 0.799. The Morgan fingerprint density at radius 3 is 2.81 bits per heavy atom. The van der Waals surface area contributed by atoms with E-state index < -0.39 is 5.60 Å². The Hall–Kier alpha value is -1.35. The molecule has 3 rings (SSSR count). The van der Waals surface area contributed by atoms with E-state index in [9.17, 15) is 4.79 Å². The fraction of sp³-hybridized carbons (Fsp3) is 0.611. The highest BCUT2D eigenvalue weighted by atomic mass is 16.6. The molecule has 21 heavy (non-hydrogen) atoms. The first-order valence-electron chi connectivity index (χ1n) is 8.15. The number of piperidine rings is 1. The van der Waals surface area contributed by atoms with Crippen molar-refractivity contribution < 1.29 is 9.53 Å². The van der Waals surface area contributed by atoms with Crippen molar-refractivity contribution in [3.63, 3.8) is 0 Å². The molecule has 0 spiro atoms. The Balaban J connectivity index is 2.02. The largest absolute Gasteiger partial charge is 0.454 e. The molecule has 1 aromatic rings. The highest BCUT2D eigenvalue weighted by Crippen LogP contribution is 2.50. The lowest BCUT2D eigenvalue weighted by molar-refractivity contribution is -0.179. The molecule has 3 heteroatoms. The summed E-state index contributed by atoms with van der Waals surface area (Å²) in [4.78, 5) is 14.5. The van der Waals surface area contributed by atoms with Gasteiger partial charge in [0.05, 0.1) is 0 Å². The lowest BCUT2D eigenvalue weighted by Crippen LogP contribution is -2.54. The molecule has 3 atom stereocenters. The fourth-order valence-corrected chi connectivity index (χ4v) is 4.25. The van der Waals surface area contributed by atoms with Crippen LogP contribution in [0.3, 0.4) is 0 Å². The molecule has 0 radical (unpaired) electrons. The van der Waals surface area contributed by atoms with E-state index in [1.165, 1.54) is 18.4 Å². The topological polar surface area (TPSA) is 29.5 Å². The molecular formula is C18H25NO2. The van der Waals surface area contributed by atoms with Crippen molar-refractivity contribution in [2.24, 2.45) is 5.92 Å². The van der Waals surface area contributed by atoms with Crippen LogP contribution in [-0.2, 0) is 15.1 Å². The fourth-order valence-electron chi connectivity index (χ4n) is 4.25. The highest BCUT2D eigenvalue weighted by molar-refractivity contribution is 5.69. The molecule has 1 saturated carbocycles.